The van der Waals surface area contributed by atoms with Crippen molar-refractivity contribution in [3.05, 3.63) is 29.8 Å². The summed E-state index contributed by atoms with van der Waals surface area (Å²) < 4.78 is 11.3. The molecule has 18 heavy (non-hydrogen) atoms. The van der Waals surface area contributed by atoms with Crippen LogP contribution in [0, 0.1) is 0 Å². The van der Waals surface area contributed by atoms with Crippen LogP contribution >= 0.6 is 0 Å². The molecule has 0 saturated heterocycles. The Bertz CT molecular complexity index is 476. The smallest absolute Gasteiger partial charge is 0.237 e. The van der Waals surface area contributed by atoms with E-state index in [2.05, 4.69) is 5.32 Å². The van der Waals surface area contributed by atoms with Crippen LogP contribution in [0.2, 0.25) is 0 Å². The van der Waals surface area contributed by atoms with Gasteiger partial charge >= 0.3 is 0 Å². The lowest BCUT2D eigenvalue weighted by atomic mass is 10.2. The highest BCUT2D eigenvalue weighted by Crippen LogP contribution is 2.09. The molecule has 1 aromatic rings. The van der Waals surface area contributed by atoms with Crippen LogP contribution in [0.15, 0.2) is 24.3 Å². The molecule has 2 amide bonds. The zero-order valence-corrected chi connectivity index (χ0v) is 10.5. The van der Waals surface area contributed by atoms with E-state index < -0.39 is 22.6 Å². The van der Waals surface area contributed by atoms with E-state index in [4.69, 9.17) is 11.5 Å². The zero-order valence-electron chi connectivity index (χ0n) is 9.72. The quantitative estimate of drug-likeness (QED) is 0.634. The summed E-state index contributed by atoms with van der Waals surface area (Å²) >= 11 is 0. The van der Waals surface area contributed by atoms with Crippen LogP contribution in [-0.2, 0) is 26.9 Å². The van der Waals surface area contributed by atoms with Gasteiger partial charge in [0.25, 0.3) is 0 Å². The van der Waals surface area contributed by atoms with Crippen molar-refractivity contribution < 1.29 is 13.8 Å². The number of nitrogens with one attached hydrogen (secondary N) is 1. The Hall–Kier alpha value is -1.73. The van der Waals surface area contributed by atoms with Gasteiger partial charge in [-0.2, -0.15) is 0 Å². The van der Waals surface area contributed by atoms with E-state index in [1.807, 2.05) is 6.07 Å². The fourth-order valence-electron chi connectivity index (χ4n) is 1.33. The number of anilines is 1. The van der Waals surface area contributed by atoms with Crippen molar-refractivity contribution in [1.82, 2.24) is 0 Å². The largest absolute Gasteiger partial charge is 0.369 e. The van der Waals surface area contributed by atoms with Gasteiger partial charge in [0, 0.05) is 23.0 Å². The molecule has 6 nitrogen and oxygen atoms in total. The first kappa shape index (κ1) is 14.3. The molecule has 0 aliphatic carbocycles. The van der Waals surface area contributed by atoms with Crippen LogP contribution in [0.1, 0.15) is 5.56 Å². The number of primary amides is 1. The lowest BCUT2D eigenvalue weighted by Crippen LogP contribution is -2.26. The molecule has 1 atom stereocenters. The first-order valence-electron chi connectivity index (χ1n) is 5.23. The SMILES string of the molecule is NCc1cccc(NC(=O)CS(=O)CC(N)=O)c1. The van der Waals surface area contributed by atoms with E-state index in [-0.39, 0.29) is 11.5 Å². The number of carbonyl (C=O) groups excluding carboxylic acids is 2. The van der Waals surface area contributed by atoms with Gasteiger partial charge in [-0.3, -0.25) is 13.8 Å². The summed E-state index contributed by atoms with van der Waals surface area (Å²) in [7, 11) is -1.57. The van der Waals surface area contributed by atoms with Crippen molar-refractivity contribution in [2.24, 2.45) is 11.5 Å². The Labute approximate surface area is 107 Å². The molecule has 1 unspecified atom stereocenters. The van der Waals surface area contributed by atoms with Gasteiger partial charge in [-0.15, -0.1) is 0 Å². The summed E-state index contributed by atoms with van der Waals surface area (Å²) in [5, 5.41) is 2.58. The standard InChI is InChI=1S/C11H15N3O3S/c12-5-8-2-1-3-9(4-8)14-11(16)7-18(17)6-10(13)15/h1-4H,5-7,12H2,(H2,13,15)(H,14,16). The van der Waals surface area contributed by atoms with Gasteiger partial charge in [-0.25, -0.2) is 0 Å². The van der Waals surface area contributed by atoms with E-state index in [0.717, 1.165) is 5.56 Å². The average Bonchev–Trinajstić information content (AvgIpc) is 2.27. The molecule has 0 aromatic heterocycles. The van der Waals surface area contributed by atoms with E-state index in [1.54, 1.807) is 18.2 Å². The Morgan fingerprint density at radius 2 is 2.00 bits per heavy atom. The molecule has 0 aliphatic heterocycles. The third-order valence-electron chi connectivity index (χ3n) is 2.04. The molecule has 0 heterocycles. The minimum Gasteiger partial charge on any atom is -0.369 e. The monoisotopic (exact) mass is 269 g/mol. The maximum Gasteiger partial charge on any atom is 0.237 e. The number of nitrogens with two attached hydrogens (primary N) is 2. The molecule has 98 valence electrons. The van der Waals surface area contributed by atoms with Crippen molar-refractivity contribution in [2.45, 2.75) is 6.54 Å². The van der Waals surface area contributed by atoms with Crippen LogP contribution in [0.3, 0.4) is 0 Å². The number of hydrogen-bond donors (Lipinski definition) is 3. The maximum atomic E-state index is 11.5. The molecule has 0 saturated carbocycles. The molecule has 5 N–H and O–H groups in total. The van der Waals surface area contributed by atoms with Crippen molar-refractivity contribution in [3.63, 3.8) is 0 Å². The predicted octanol–water partition coefficient (Wildman–Crippen LogP) is -0.682. The van der Waals surface area contributed by atoms with E-state index in [0.29, 0.717) is 12.2 Å². The molecular formula is C11H15N3O3S. The van der Waals surface area contributed by atoms with Gasteiger partial charge < -0.3 is 16.8 Å². The lowest BCUT2D eigenvalue weighted by molar-refractivity contribution is -0.115. The van der Waals surface area contributed by atoms with E-state index in [1.165, 1.54) is 0 Å². The van der Waals surface area contributed by atoms with E-state index in [9.17, 15) is 13.8 Å². The van der Waals surface area contributed by atoms with Crippen molar-refractivity contribution in [1.29, 1.82) is 0 Å². The fraction of sp³-hybridized carbons (Fsp3) is 0.273. The molecule has 0 radical (unpaired) electrons. The summed E-state index contributed by atoms with van der Waals surface area (Å²) in [6.07, 6.45) is 0. The maximum absolute atomic E-state index is 11.5. The van der Waals surface area contributed by atoms with Gasteiger partial charge in [0.1, 0.15) is 11.5 Å². The van der Waals surface area contributed by atoms with Gasteiger partial charge in [-0.1, -0.05) is 12.1 Å². The first-order valence-corrected chi connectivity index (χ1v) is 6.72. The lowest BCUT2D eigenvalue weighted by Gasteiger charge is -2.06. The van der Waals surface area contributed by atoms with Crippen LogP contribution < -0.4 is 16.8 Å². The zero-order chi connectivity index (χ0) is 13.5. The van der Waals surface area contributed by atoms with Crippen molar-refractivity contribution in [3.8, 4) is 0 Å². The van der Waals surface area contributed by atoms with Crippen LogP contribution in [-0.4, -0.2) is 27.5 Å². The van der Waals surface area contributed by atoms with E-state index >= 15 is 0 Å². The van der Waals surface area contributed by atoms with Crippen LogP contribution in [0.25, 0.3) is 0 Å². The second-order valence-corrected chi connectivity index (χ2v) is 5.10. The summed E-state index contributed by atoms with van der Waals surface area (Å²) in [5.74, 6) is -1.68. The van der Waals surface area contributed by atoms with Crippen molar-refractivity contribution >= 4 is 28.3 Å². The van der Waals surface area contributed by atoms with Crippen LogP contribution in [0.4, 0.5) is 5.69 Å². The summed E-state index contributed by atoms with van der Waals surface area (Å²) in [4.78, 5) is 22.0. The third kappa shape index (κ3) is 5.07. The summed E-state index contributed by atoms with van der Waals surface area (Å²) in [6, 6.07) is 7.03. The Morgan fingerprint density at radius 3 is 2.61 bits per heavy atom. The fourth-order valence-corrected chi connectivity index (χ4v) is 2.11. The highest BCUT2D eigenvalue weighted by Gasteiger charge is 2.10. The van der Waals surface area contributed by atoms with Gasteiger partial charge in [0.05, 0.1) is 0 Å². The number of hydrogen-bond acceptors (Lipinski definition) is 4. The van der Waals surface area contributed by atoms with Crippen LogP contribution in [0.5, 0.6) is 0 Å². The van der Waals surface area contributed by atoms with Gasteiger partial charge in [-0.05, 0) is 17.7 Å². The molecule has 1 rings (SSSR count). The second kappa shape index (κ2) is 6.87. The molecule has 0 spiro atoms. The van der Waals surface area contributed by atoms with Gasteiger partial charge in [0.2, 0.25) is 11.8 Å². The van der Waals surface area contributed by atoms with Gasteiger partial charge in [0.15, 0.2) is 0 Å². The number of amides is 2. The summed E-state index contributed by atoms with van der Waals surface area (Å²) in [5.41, 5.74) is 11.8. The highest BCUT2D eigenvalue weighted by atomic mass is 32.2. The molecule has 0 aliphatic rings. The minimum atomic E-state index is -1.57. The minimum absolute atomic E-state index is 0.254. The van der Waals surface area contributed by atoms with Crippen molar-refractivity contribution in [2.75, 3.05) is 16.8 Å². The molecule has 7 heteroatoms. The normalized spacial score (nSPS) is 11.8. The molecule has 0 bridgehead atoms. The Balaban J connectivity index is 2.53. The number of benzene rings is 1. The Kier molecular flexibility index (Phi) is 5.47. The predicted molar refractivity (Wildman–Crippen MR) is 70.0 cm³/mol. The topological polar surface area (TPSA) is 115 Å². The third-order valence-corrected chi connectivity index (χ3v) is 3.23. The molecular weight excluding hydrogens is 254 g/mol. The summed E-state index contributed by atoms with van der Waals surface area (Å²) in [6.45, 7) is 0.372. The molecule has 0 fully saturated rings. The second-order valence-electron chi connectivity index (χ2n) is 3.65. The first-order chi connectivity index (χ1) is 8.51. The highest BCUT2D eigenvalue weighted by molar-refractivity contribution is 7.86. The number of carbonyl (C=O) groups is 2. The Morgan fingerprint density at radius 1 is 1.28 bits per heavy atom. The average molecular weight is 269 g/mol. The number of rotatable bonds is 6. The molecule has 1 aromatic carbocycles.